The number of benzene rings is 2. The van der Waals surface area contributed by atoms with Crippen molar-refractivity contribution < 1.29 is 13.2 Å². The fraction of sp³-hybridized carbons (Fsp3) is 0.278. The van der Waals surface area contributed by atoms with Crippen molar-refractivity contribution >= 4 is 27.3 Å². The second-order valence-electron chi connectivity index (χ2n) is 6.01. The highest BCUT2D eigenvalue weighted by Gasteiger charge is 2.26. The molecule has 1 amide bonds. The third-order valence-corrected chi connectivity index (χ3v) is 5.75. The van der Waals surface area contributed by atoms with E-state index in [1.807, 2.05) is 20.8 Å². The van der Waals surface area contributed by atoms with E-state index in [4.69, 9.17) is 0 Å². The van der Waals surface area contributed by atoms with Crippen LogP contribution in [0.4, 0.5) is 11.4 Å². The minimum absolute atomic E-state index is 0.0432. The first-order chi connectivity index (χ1) is 11.3. The lowest BCUT2D eigenvalue weighted by Crippen LogP contribution is -2.25. The van der Waals surface area contributed by atoms with Gasteiger partial charge in [0.2, 0.25) is 5.91 Å². The van der Waals surface area contributed by atoms with Gasteiger partial charge in [0.05, 0.1) is 11.3 Å². The third kappa shape index (κ3) is 2.89. The van der Waals surface area contributed by atoms with Crippen LogP contribution in [0.15, 0.2) is 41.3 Å². The number of hydrogen-bond acceptors (Lipinski definition) is 3. The van der Waals surface area contributed by atoms with Gasteiger partial charge in [-0.25, -0.2) is 8.42 Å². The zero-order valence-corrected chi connectivity index (χ0v) is 14.8. The highest BCUT2D eigenvalue weighted by molar-refractivity contribution is 7.92. The molecule has 0 unspecified atom stereocenters. The normalized spacial score (nSPS) is 14.0. The minimum atomic E-state index is -3.65. The van der Waals surface area contributed by atoms with Crippen LogP contribution in [0.5, 0.6) is 0 Å². The molecule has 6 heteroatoms. The molecule has 5 nitrogen and oxygen atoms in total. The zero-order chi connectivity index (χ0) is 17.5. The first-order valence-corrected chi connectivity index (χ1v) is 9.33. The van der Waals surface area contributed by atoms with E-state index in [0.717, 1.165) is 22.4 Å². The molecule has 0 saturated heterocycles. The van der Waals surface area contributed by atoms with Crippen molar-refractivity contribution in [2.24, 2.45) is 0 Å². The molecule has 1 aliphatic heterocycles. The molecular weight excluding hydrogens is 324 g/mol. The van der Waals surface area contributed by atoms with Crippen molar-refractivity contribution in [2.75, 3.05) is 16.2 Å². The second kappa shape index (κ2) is 5.94. The van der Waals surface area contributed by atoms with Gasteiger partial charge in [0.25, 0.3) is 10.0 Å². The highest BCUT2D eigenvalue weighted by Crippen LogP contribution is 2.31. The van der Waals surface area contributed by atoms with E-state index < -0.39 is 10.0 Å². The molecule has 24 heavy (non-hydrogen) atoms. The number of nitrogens with one attached hydrogen (secondary N) is 1. The van der Waals surface area contributed by atoms with Gasteiger partial charge in [-0.2, -0.15) is 0 Å². The monoisotopic (exact) mass is 344 g/mol. The van der Waals surface area contributed by atoms with Crippen molar-refractivity contribution in [1.82, 2.24) is 0 Å². The Morgan fingerprint density at radius 3 is 2.50 bits per heavy atom. The molecule has 0 saturated carbocycles. The van der Waals surface area contributed by atoms with E-state index >= 15 is 0 Å². The molecule has 0 radical (unpaired) electrons. The molecule has 0 atom stereocenters. The number of rotatable bonds is 4. The summed E-state index contributed by atoms with van der Waals surface area (Å²) in [6, 6.07) is 10.3. The second-order valence-corrected chi connectivity index (χ2v) is 7.69. The molecule has 0 bridgehead atoms. The summed E-state index contributed by atoms with van der Waals surface area (Å²) in [6.07, 6.45) is 0.308. The third-order valence-electron chi connectivity index (χ3n) is 4.37. The molecular formula is C18H20N2O3S. The molecule has 0 aromatic heterocycles. The van der Waals surface area contributed by atoms with Crippen molar-refractivity contribution in [2.45, 2.75) is 32.1 Å². The Labute approximate surface area is 142 Å². The lowest BCUT2D eigenvalue weighted by molar-refractivity contribution is -0.117. The molecule has 126 valence electrons. The Kier molecular flexibility index (Phi) is 4.09. The van der Waals surface area contributed by atoms with E-state index in [1.54, 1.807) is 41.3 Å². The summed E-state index contributed by atoms with van der Waals surface area (Å²) in [5.41, 5.74) is 4.15. The molecule has 1 N–H and O–H groups in total. The van der Waals surface area contributed by atoms with Crippen molar-refractivity contribution in [3.8, 4) is 0 Å². The number of anilines is 2. The number of aryl methyl sites for hydroxylation is 2. The SMILES string of the molecule is CCN1C(=O)Cc2cc(NS(=O)(=O)c3ccc(C)c(C)c3)ccc21. The standard InChI is InChI=1S/C18H20N2O3S/c1-4-20-17-8-6-15(10-14(17)11-18(20)21)19-24(22,23)16-7-5-12(2)13(3)9-16/h5-10,19H,4,11H2,1-3H3. The van der Waals surface area contributed by atoms with Gasteiger partial charge in [0, 0.05) is 17.9 Å². The Morgan fingerprint density at radius 2 is 1.83 bits per heavy atom. The van der Waals surface area contributed by atoms with Gasteiger partial charge in [-0.15, -0.1) is 0 Å². The molecule has 2 aromatic rings. The van der Waals surface area contributed by atoms with E-state index in [9.17, 15) is 13.2 Å². The summed E-state index contributed by atoms with van der Waals surface area (Å²) in [7, 11) is -3.65. The van der Waals surface area contributed by atoms with Crippen LogP contribution in [0, 0.1) is 13.8 Å². The Morgan fingerprint density at radius 1 is 1.08 bits per heavy atom. The van der Waals surface area contributed by atoms with Crippen LogP contribution < -0.4 is 9.62 Å². The molecule has 2 aromatic carbocycles. The van der Waals surface area contributed by atoms with Gasteiger partial charge < -0.3 is 4.90 Å². The Balaban J connectivity index is 1.90. The Hall–Kier alpha value is -2.34. The molecule has 0 spiro atoms. The summed E-state index contributed by atoms with van der Waals surface area (Å²) in [5.74, 6) is 0.0432. The van der Waals surface area contributed by atoms with Crippen LogP contribution in [0.2, 0.25) is 0 Å². The predicted molar refractivity (Wildman–Crippen MR) is 94.9 cm³/mol. The van der Waals surface area contributed by atoms with Gasteiger partial charge >= 0.3 is 0 Å². The van der Waals surface area contributed by atoms with Crippen LogP contribution in [0.25, 0.3) is 0 Å². The first-order valence-electron chi connectivity index (χ1n) is 7.85. The van der Waals surface area contributed by atoms with Crippen LogP contribution >= 0.6 is 0 Å². The maximum Gasteiger partial charge on any atom is 0.261 e. The number of carbonyl (C=O) groups excluding carboxylic acids is 1. The van der Waals surface area contributed by atoms with Crippen LogP contribution in [-0.4, -0.2) is 20.9 Å². The van der Waals surface area contributed by atoms with E-state index in [-0.39, 0.29) is 10.8 Å². The molecule has 1 heterocycles. The number of carbonyl (C=O) groups is 1. The number of amides is 1. The lowest BCUT2D eigenvalue weighted by Gasteiger charge is -2.15. The van der Waals surface area contributed by atoms with Crippen LogP contribution in [0.3, 0.4) is 0 Å². The van der Waals surface area contributed by atoms with Crippen molar-refractivity contribution in [3.63, 3.8) is 0 Å². The highest BCUT2D eigenvalue weighted by atomic mass is 32.2. The minimum Gasteiger partial charge on any atom is -0.312 e. The summed E-state index contributed by atoms with van der Waals surface area (Å²) in [4.78, 5) is 13.9. The van der Waals surface area contributed by atoms with E-state index in [0.29, 0.717) is 18.7 Å². The largest absolute Gasteiger partial charge is 0.312 e. The quantitative estimate of drug-likeness (QED) is 0.927. The first kappa shape index (κ1) is 16.5. The maximum atomic E-state index is 12.6. The molecule has 3 rings (SSSR count). The fourth-order valence-corrected chi connectivity index (χ4v) is 4.02. The van der Waals surface area contributed by atoms with Crippen molar-refractivity contribution in [3.05, 3.63) is 53.1 Å². The van der Waals surface area contributed by atoms with Gasteiger partial charge in [0.15, 0.2) is 0 Å². The summed E-state index contributed by atoms with van der Waals surface area (Å²) in [6.45, 7) is 6.35. The van der Waals surface area contributed by atoms with E-state index in [1.165, 1.54) is 0 Å². The summed E-state index contributed by atoms with van der Waals surface area (Å²) >= 11 is 0. The number of sulfonamides is 1. The number of hydrogen-bond donors (Lipinski definition) is 1. The topological polar surface area (TPSA) is 66.5 Å². The summed E-state index contributed by atoms with van der Waals surface area (Å²) in [5, 5.41) is 0. The zero-order valence-electron chi connectivity index (χ0n) is 14.0. The number of nitrogens with zero attached hydrogens (tertiary/aromatic N) is 1. The molecule has 1 aliphatic rings. The number of likely N-dealkylation sites (N-methyl/N-ethyl adjacent to an activating group) is 1. The average molecular weight is 344 g/mol. The van der Waals surface area contributed by atoms with Gasteiger partial charge in [-0.05, 0) is 67.8 Å². The number of fused-ring (bicyclic) bond motifs is 1. The lowest BCUT2D eigenvalue weighted by atomic mass is 10.1. The van der Waals surface area contributed by atoms with Crippen LogP contribution in [0.1, 0.15) is 23.6 Å². The van der Waals surface area contributed by atoms with Gasteiger partial charge in [-0.3, -0.25) is 9.52 Å². The van der Waals surface area contributed by atoms with Crippen LogP contribution in [-0.2, 0) is 21.2 Å². The fourth-order valence-electron chi connectivity index (χ4n) is 2.89. The van der Waals surface area contributed by atoms with Gasteiger partial charge in [0.1, 0.15) is 0 Å². The Bertz CT molecular complexity index is 920. The predicted octanol–water partition coefficient (Wildman–Crippen LogP) is 3.01. The smallest absolute Gasteiger partial charge is 0.261 e. The van der Waals surface area contributed by atoms with E-state index in [2.05, 4.69) is 4.72 Å². The average Bonchev–Trinajstić information content (AvgIpc) is 2.83. The van der Waals surface area contributed by atoms with Gasteiger partial charge in [-0.1, -0.05) is 6.07 Å². The maximum absolute atomic E-state index is 12.6. The molecule has 0 fully saturated rings. The summed E-state index contributed by atoms with van der Waals surface area (Å²) < 4.78 is 27.7. The van der Waals surface area contributed by atoms with Crippen molar-refractivity contribution in [1.29, 1.82) is 0 Å². The molecule has 0 aliphatic carbocycles.